The lowest BCUT2D eigenvalue weighted by Gasteiger charge is -2.18. The maximum absolute atomic E-state index is 5.67. The van der Waals surface area contributed by atoms with Gasteiger partial charge in [0.2, 0.25) is 0 Å². The summed E-state index contributed by atoms with van der Waals surface area (Å²) in [5.74, 6) is 5.67. The molecule has 0 spiro atoms. The second-order valence-corrected chi connectivity index (χ2v) is 4.35. The minimum Gasteiger partial charge on any atom is -0.271 e. The standard InChI is InChI=1S/C15H18N2/c1-11-8-9-14(10-12(11)2)15(17-16)13-6-4-3-5-7-13/h3-10,15,17H,16H2,1-2H3. The van der Waals surface area contributed by atoms with Gasteiger partial charge in [0.25, 0.3) is 0 Å². The Morgan fingerprint density at radius 1 is 0.882 bits per heavy atom. The highest BCUT2D eigenvalue weighted by Crippen LogP contribution is 2.22. The average Bonchev–Trinajstić information content (AvgIpc) is 2.36. The van der Waals surface area contributed by atoms with Gasteiger partial charge in [0.15, 0.2) is 0 Å². The highest BCUT2D eigenvalue weighted by atomic mass is 15.2. The molecule has 0 aliphatic heterocycles. The Morgan fingerprint density at radius 3 is 2.18 bits per heavy atom. The molecule has 3 N–H and O–H groups in total. The second-order valence-electron chi connectivity index (χ2n) is 4.35. The Balaban J connectivity index is 2.39. The summed E-state index contributed by atoms with van der Waals surface area (Å²) in [4.78, 5) is 0. The molecule has 2 aromatic rings. The molecule has 0 fully saturated rings. The van der Waals surface area contributed by atoms with Gasteiger partial charge in [0, 0.05) is 0 Å². The third-order valence-corrected chi connectivity index (χ3v) is 3.16. The summed E-state index contributed by atoms with van der Waals surface area (Å²) in [5, 5.41) is 0. The predicted octanol–water partition coefficient (Wildman–Crippen LogP) is 2.86. The van der Waals surface area contributed by atoms with E-state index < -0.39 is 0 Å². The largest absolute Gasteiger partial charge is 0.271 e. The molecular formula is C15H18N2. The Hall–Kier alpha value is -1.64. The van der Waals surface area contributed by atoms with E-state index in [1.165, 1.54) is 22.3 Å². The number of hydrogen-bond donors (Lipinski definition) is 2. The van der Waals surface area contributed by atoms with Crippen molar-refractivity contribution in [3.8, 4) is 0 Å². The van der Waals surface area contributed by atoms with Gasteiger partial charge in [0.1, 0.15) is 0 Å². The van der Waals surface area contributed by atoms with Crippen LogP contribution in [-0.4, -0.2) is 0 Å². The van der Waals surface area contributed by atoms with Crippen molar-refractivity contribution in [2.75, 3.05) is 0 Å². The van der Waals surface area contributed by atoms with Gasteiger partial charge >= 0.3 is 0 Å². The third-order valence-electron chi connectivity index (χ3n) is 3.16. The molecular weight excluding hydrogens is 208 g/mol. The summed E-state index contributed by atoms with van der Waals surface area (Å²) < 4.78 is 0. The van der Waals surface area contributed by atoms with Gasteiger partial charge in [-0.25, -0.2) is 5.43 Å². The van der Waals surface area contributed by atoms with Crippen LogP contribution in [0.15, 0.2) is 48.5 Å². The van der Waals surface area contributed by atoms with Crippen LogP contribution in [0.2, 0.25) is 0 Å². The molecule has 0 heterocycles. The second kappa shape index (κ2) is 5.13. The van der Waals surface area contributed by atoms with Crippen LogP contribution in [0.1, 0.15) is 28.3 Å². The summed E-state index contributed by atoms with van der Waals surface area (Å²) in [5.41, 5.74) is 7.85. The van der Waals surface area contributed by atoms with Crippen molar-refractivity contribution in [1.29, 1.82) is 0 Å². The normalized spacial score (nSPS) is 12.4. The Bertz CT molecular complexity index is 492. The Labute approximate surface area is 102 Å². The number of hydrogen-bond acceptors (Lipinski definition) is 2. The van der Waals surface area contributed by atoms with Crippen LogP contribution >= 0.6 is 0 Å². The van der Waals surface area contributed by atoms with E-state index in [1.807, 2.05) is 18.2 Å². The van der Waals surface area contributed by atoms with E-state index in [0.29, 0.717) is 0 Å². The summed E-state index contributed by atoms with van der Waals surface area (Å²) >= 11 is 0. The molecule has 1 unspecified atom stereocenters. The molecule has 2 nitrogen and oxygen atoms in total. The van der Waals surface area contributed by atoms with Crippen LogP contribution in [0.25, 0.3) is 0 Å². The molecule has 0 aliphatic rings. The van der Waals surface area contributed by atoms with Crippen molar-refractivity contribution in [3.63, 3.8) is 0 Å². The van der Waals surface area contributed by atoms with E-state index in [9.17, 15) is 0 Å². The van der Waals surface area contributed by atoms with Crippen LogP contribution in [0.4, 0.5) is 0 Å². The molecule has 0 bridgehead atoms. The number of rotatable bonds is 3. The van der Waals surface area contributed by atoms with Crippen molar-refractivity contribution < 1.29 is 0 Å². The molecule has 1 atom stereocenters. The average molecular weight is 226 g/mol. The summed E-state index contributed by atoms with van der Waals surface area (Å²) in [6, 6.07) is 16.7. The predicted molar refractivity (Wildman–Crippen MR) is 71.5 cm³/mol. The van der Waals surface area contributed by atoms with Gasteiger partial charge < -0.3 is 0 Å². The molecule has 17 heavy (non-hydrogen) atoms. The SMILES string of the molecule is Cc1ccc(C(NN)c2ccccc2)cc1C. The smallest absolute Gasteiger partial charge is 0.0710 e. The van der Waals surface area contributed by atoms with E-state index in [4.69, 9.17) is 5.84 Å². The number of nitrogens with two attached hydrogens (primary N) is 1. The summed E-state index contributed by atoms with van der Waals surface area (Å²) in [7, 11) is 0. The van der Waals surface area contributed by atoms with E-state index in [0.717, 1.165) is 0 Å². The molecule has 0 saturated carbocycles. The quantitative estimate of drug-likeness (QED) is 0.624. The first-order chi connectivity index (χ1) is 8.22. The number of hydrazine groups is 1. The maximum atomic E-state index is 5.67. The van der Waals surface area contributed by atoms with Crippen LogP contribution in [0.5, 0.6) is 0 Å². The first-order valence-corrected chi connectivity index (χ1v) is 5.80. The molecule has 2 aromatic carbocycles. The van der Waals surface area contributed by atoms with Crippen molar-refractivity contribution in [2.45, 2.75) is 19.9 Å². The van der Waals surface area contributed by atoms with Gasteiger partial charge in [-0.05, 0) is 36.1 Å². The minimum atomic E-state index is 0.0514. The van der Waals surface area contributed by atoms with E-state index >= 15 is 0 Å². The van der Waals surface area contributed by atoms with Crippen LogP contribution in [0, 0.1) is 13.8 Å². The zero-order valence-corrected chi connectivity index (χ0v) is 10.3. The summed E-state index contributed by atoms with van der Waals surface area (Å²) in [6.45, 7) is 4.24. The molecule has 0 amide bonds. The molecule has 0 aliphatic carbocycles. The fourth-order valence-corrected chi connectivity index (χ4v) is 1.97. The van der Waals surface area contributed by atoms with Gasteiger partial charge in [-0.15, -0.1) is 0 Å². The molecule has 88 valence electrons. The zero-order chi connectivity index (χ0) is 12.3. The van der Waals surface area contributed by atoms with Gasteiger partial charge in [-0.2, -0.15) is 0 Å². The van der Waals surface area contributed by atoms with E-state index in [1.54, 1.807) is 0 Å². The number of nitrogens with one attached hydrogen (secondary N) is 1. The maximum Gasteiger partial charge on any atom is 0.0710 e. The molecule has 2 rings (SSSR count). The van der Waals surface area contributed by atoms with Crippen molar-refractivity contribution in [3.05, 3.63) is 70.8 Å². The van der Waals surface area contributed by atoms with Gasteiger partial charge in [0.05, 0.1) is 6.04 Å². The Morgan fingerprint density at radius 2 is 1.59 bits per heavy atom. The third kappa shape index (κ3) is 2.54. The van der Waals surface area contributed by atoms with Crippen LogP contribution < -0.4 is 11.3 Å². The highest BCUT2D eigenvalue weighted by molar-refractivity contribution is 5.36. The van der Waals surface area contributed by atoms with Crippen molar-refractivity contribution in [1.82, 2.24) is 5.43 Å². The fraction of sp³-hybridized carbons (Fsp3) is 0.200. The van der Waals surface area contributed by atoms with Crippen LogP contribution in [0.3, 0.4) is 0 Å². The van der Waals surface area contributed by atoms with Gasteiger partial charge in [-0.1, -0.05) is 48.5 Å². The molecule has 2 heteroatoms. The van der Waals surface area contributed by atoms with E-state index in [2.05, 4.69) is 49.6 Å². The van der Waals surface area contributed by atoms with E-state index in [-0.39, 0.29) is 6.04 Å². The highest BCUT2D eigenvalue weighted by Gasteiger charge is 2.12. The lowest BCUT2D eigenvalue weighted by Crippen LogP contribution is -2.28. The lowest BCUT2D eigenvalue weighted by molar-refractivity contribution is 0.636. The fourth-order valence-electron chi connectivity index (χ4n) is 1.97. The van der Waals surface area contributed by atoms with Crippen molar-refractivity contribution in [2.24, 2.45) is 5.84 Å². The molecule has 0 aromatic heterocycles. The monoisotopic (exact) mass is 226 g/mol. The summed E-state index contributed by atoms with van der Waals surface area (Å²) in [6.07, 6.45) is 0. The first-order valence-electron chi connectivity index (χ1n) is 5.80. The molecule has 0 radical (unpaired) electrons. The number of aryl methyl sites for hydroxylation is 2. The minimum absolute atomic E-state index is 0.0514. The lowest BCUT2D eigenvalue weighted by atomic mass is 9.96. The topological polar surface area (TPSA) is 38.0 Å². The van der Waals surface area contributed by atoms with Crippen molar-refractivity contribution >= 4 is 0 Å². The molecule has 0 saturated heterocycles. The Kier molecular flexibility index (Phi) is 3.57. The van der Waals surface area contributed by atoms with Gasteiger partial charge in [-0.3, -0.25) is 5.84 Å². The number of benzene rings is 2. The zero-order valence-electron chi connectivity index (χ0n) is 10.3. The first kappa shape index (κ1) is 11.8. The van der Waals surface area contributed by atoms with Crippen LogP contribution in [-0.2, 0) is 0 Å².